The van der Waals surface area contributed by atoms with Crippen LogP contribution in [0, 0.1) is 10.1 Å². The van der Waals surface area contributed by atoms with Crippen molar-refractivity contribution in [3.05, 3.63) is 63.7 Å². The average molecular weight is 441 g/mol. The molecule has 2 aromatic rings. The molecule has 2 aliphatic heterocycles. The number of nitro groups is 1. The quantitative estimate of drug-likeness (QED) is 0.397. The highest BCUT2D eigenvalue weighted by Gasteiger charge is 2.28. The normalized spacial score (nSPS) is 18.7. The first kappa shape index (κ1) is 22.9. The monoisotopic (exact) mass is 441 g/mol. The molecule has 2 unspecified atom stereocenters. The standard InChI is InChI=1S/C13H14O4.C10H9NO4/c1-2-16-13(15)8-9-7-11(14)10-5-3-4-6-12(10)17-9;1-6-4-9(12)8-5-7(11(13)14)2-3-10(8)15-6/h3-6,9H,2,7-8H2,1H3;2-3,5-6H,4H2,1H3. The Balaban J connectivity index is 0.000000182. The number of nitrogens with zero attached hydrogens (tertiary/aromatic N) is 1. The van der Waals surface area contributed by atoms with Crippen molar-refractivity contribution in [3.8, 4) is 11.5 Å². The summed E-state index contributed by atoms with van der Waals surface area (Å²) in [6.45, 7) is 3.89. The number of carbonyl (C=O) groups excluding carboxylic acids is 3. The van der Waals surface area contributed by atoms with E-state index in [1.54, 1.807) is 38.1 Å². The predicted molar refractivity (Wildman–Crippen MR) is 113 cm³/mol. The molecule has 0 aliphatic carbocycles. The van der Waals surface area contributed by atoms with Gasteiger partial charge in [-0.2, -0.15) is 0 Å². The summed E-state index contributed by atoms with van der Waals surface area (Å²) in [5.41, 5.74) is 0.815. The van der Waals surface area contributed by atoms with E-state index in [0.29, 0.717) is 29.2 Å². The number of para-hydroxylation sites is 1. The summed E-state index contributed by atoms with van der Waals surface area (Å²) >= 11 is 0. The molecule has 2 heterocycles. The summed E-state index contributed by atoms with van der Waals surface area (Å²) in [7, 11) is 0. The largest absolute Gasteiger partial charge is 0.489 e. The maximum atomic E-state index is 11.8. The molecule has 168 valence electrons. The number of nitro benzene ring substituents is 1. The first-order valence-corrected chi connectivity index (χ1v) is 10.2. The zero-order valence-electron chi connectivity index (χ0n) is 17.7. The van der Waals surface area contributed by atoms with E-state index >= 15 is 0 Å². The summed E-state index contributed by atoms with van der Waals surface area (Å²) in [4.78, 5) is 44.7. The van der Waals surface area contributed by atoms with E-state index < -0.39 is 11.0 Å². The predicted octanol–water partition coefficient (Wildman–Crippen LogP) is 3.92. The fourth-order valence-electron chi connectivity index (χ4n) is 3.44. The van der Waals surface area contributed by atoms with Crippen LogP contribution in [0.15, 0.2) is 42.5 Å². The van der Waals surface area contributed by atoms with Gasteiger partial charge in [-0.15, -0.1) is 0 Å². The van der Waals surface area contributed by atoms with Crippen molar-refractivity contribution in [2.24, 2.45) is 0 Å². The smallest absolute Gasteiger partial charge is 0.309 e. The number of rotatable bonds is 4. The van der Waals surface area contributed by atoms with E-state index in [-0.39, 0.29) is 48.6 Å². The molecule has 4 rings (SSSR count). The van der Waals surface area contributed by atoms with Crippen LogP contribution in [-0.4, -0.2) is 41.3 Å². The van der Waals surface area contributed by atoms with E-state index in [2.05, 4.69) is 0 Å². The second-order valence-corrected chi connectivity index (χ2v) is 7.37. The molecule has 0 fully saturated rings. The Kier molecular flexibility index (Phi) is 7.19. The number of non-ortho nitro benzene ring substituents is 1. The van der Waals surface area contributed by atoms with Gasteiger partial charge in [0, 0.05) is 25.0 Å². The first-order valence-electron chi connectivity index (χ1n) is 10.2. The number of esters is 1. The maximum absolute atomic E-state index is 11.8. The lowest BCUT2D eigenvalue weighted by molar-refractivity contribution is -0.384. The molecule has 2 atom stereocenters. The summed E-state index contributed by atoms with van der Waals surface area (Å²) in [6.07, 6.45) is 0.0562. The van der Waals surface area contributed by atoms with Crippen molar-refractivity contribution in [1.29, 1.82) is 0 Å². The molecular weight excluding hydrogens is 418 g/mol. The van der Waals surface area contributed by atoms with Crippen molar-refractivity contribution in [2.75, 3.05) is 6.61 Å². The van der Waals surface area contributed by atoms with Crippen LogP contribution in [-0.2, 0) is 9.53 Å². The van der Waals surface area contributed by atoms with Gasteiger partial charge < -0.3 is 14.2 Å². The summed E-state index contributed by atoms with van der Waals surface area (Å²) in [5.74, 6) is 0.570. The number of benzene rings is 2. The average Bonchev–Trinajstić information content (AvgIpc) is 2.74. The van der Waals surface area contributed by atoms with E-state index in [0.717, 1.165) is 0 Å². The highest BCUT2D eigenvalue weighted by Crippen LogP contribution is 2.31. The SMILES string of the molecule is CC1CC(=O)c2cc([N+](=O)[O-])ccc2O1.CCOC(=O)CC1CC(=O)c2ccccc2O1. The molecule has 9 heteroatoms. The molecule has 32 heavy (non-hydrogen) atoms. The number of ketones is 2. The van der Waals surface area contributed by atoms with Gasteiger partial charge >= 0.3 is 5.97 Å². The summed E-state index contributed by atoms with van der Waals surface area (Å²) < 4.78 is 15.8. The lowest BCUT2D eigenvalue weighted by atomic mass is 9.99. The van der Waals surface area contributed by atoms with Crippen molar-refractivity contribution in [1.82, 2.24) is 0 Å². The molecule has 0 aromatic heterocycles. The maximum Gasteiger partial charge on any atom is 0.309 e. The Morgan fingerprint density at radius 3 is 2.47 bits per heavy atom. The molecule has 0 saturated heterocycles. The number of fused-ring (bicyclic) bond motifs is 2. The molecule has 0 spiro atoms. The highest BCUT2D eigenvalue weighted by atomic mass is 16.6. The van der Waals surface area contributed by atoms with E-state index in [1.165, 1.54) is 18.2 Å². The highest BCUT2D eigenvalue weighted by molar-refractivity contribution is 6.00. The van der Waals surface area contributed by atoms with Gasteiger partial charge in [0.1, 0.15) is 23.7 Å². The van der Waals surface area contributed by atoms with Crippen molar-refractivity contribution < 1.29 is 33.5 Å². The lowest BCUT2D eigenvalue weighted by Crippen LogP contribution is -2.29. The molecular formula is C23H23NO8. The zero-order valence-corrected chi connectivity index (χ0v) is 17.7. The third-order valence-electron chi connectivity index (χ3n) is 4.87. The minimum Gasteiger partial charge on any atom is -0.489 e. The van der Waals surface area contributed by atoms with Crippen LogP contribution in [0.25, 0.3) is 0 Å². The lowest BCUT2D eigenvalue weighted by Gasteiger charge is -2.24. The Morgan fingerprint density at radius 1 is 1.06 bits per heavy atom. The van der Waals surface area contributed by atoms with Gasteiger partial charge in [0.25, 0.3) is 5.69 Å². The molecule has 0 N–H and O–H groups in total. The van der Waals surface area contributed by atoms with E-state index in [4.69, 9.17) is 14.2 Å². The second kappa shape index (κ2) is 10.0. The van der Waals surface area contributed by atoms with Crippen LogP contribution in [0.5, 0.6) is 11.5 Å². The van der Waals surface area contributed by atoms with E-state index in [1.807, 2.05) is 0 Å². The number of hydrogen-bond acceptors (Lipinski definition) is 8. The molecule has 9 nitrogen and oxygen atoms in total. The Bertz CT molecular complexity index is 1050. The van der Waals surface area contributed by atoms with Crippen molar-refractivity contribution in [3.63, 3.8) is 0 Å². The molecule has 0 amide bonds. The van der Waals surface area contributed by atoms with Crippen LogP contribution in [0.4, 0.5) is 5.69 Å². The van der Waals surface area contributed by atoms with Crippen LogP contribution in [0.2, 0.25) is 0 Å². The number of carbonyl (C=O) groups is 3. The Hall–Kier alpha value is -3.75. The number of hydrogen-bond donors (Lipinski definition) is 0. The number of ether oxygens (including phenoxy) is 3. The van der Waals surface area contributed by atoms with Gasteiger partial charge in [0.15, 0.2) is 11.6 Å². The van der Waals surface area contributed by atoms with Crippen LogP contribution < -0.4 is 9.47 Å². The molecule has 2 aliphatic rings. The third kappa shape index (κ3) is 5.48. The zero-order chi connectivity index (χ0) is 23.3. The fraction of sp³-hybridized carbons (Fsp3) is 0.348. The minimum absolute atomic E-state index is 0.0150. The fourth-order valence-corrected chi connectivity index (χ4v) is 3.44. The molecule has 0 saturated carbocycles. The molecule has 0 radical (unpaired) electrons. The molecule has 0 bridgehead atoms. The van der Waals surface area contributed by atoms with Gasteiger partial charge in [-0.3, -0.25) is 24.5 Å². The first-order chi connectivity index (χ1) is 15.3. The van der Waals surface area contributed by atoms with Gasteiger partial charge in [-0.05, 0) is 32.0 Å². The van der Waals surface area contributed by atoms with Gasteiger partial charge in [-0.25, -0.2) is 0 Å². The second-order valence-electron chi connectivity index (χ2n) is 7.37. The minimum atomic E-state index is -0.522. The van der Waals surface area contributed by atoms with Crippen LogP contribution in [0.1, 0.15) is 53.8 Å². The Morgan fingerprint density at radius 2 is 1.75 bits per heavy atom. The number of Topliss-reactive ketones (excluding diaryl/α,β-unsaturated/α-hetero) is 2. The van der Waals surface area contributed by atoms with Gasteiger partial charge in [-0.1, -0.05) is 12.1 Å². The van der Waals surface area contributed by atoms with Crippen LogP contribution in [0.3, 0.4) is 0 Å². The van der Waals surface area contributed by atoms with E-state index in [9.17, 15) is 24.5 Å². The topological polar surface area (TPSA) is 122 Å². The van der Waals surface area contributed by atoms with Gasteiger partial charge in [0.2, 0.25) is 0 Å². The Labute approximate surface area is 184 Å². The summed E-state index contributed by atoms with van der Waals surface area (Å²) in [6, 6.07) is 11.2. The van der Waals surface area contributed by atoms with Crippen LogP contribution >= 0.6 is 0 Å². The van der Waals surface area contributed by atoms with Crippen molar-refractivity contribution in [2.45, 2.75) is 45.3 Å². The third-order valence-corrected chi connectivity index (χ3v) is 4.87. The van der Waals surface area contributed by atoms with Crippen molar-refractivity contribution >= 4 is 23.2 Å². The van der Waals surface area contributed by atoms with Gasteiger partial charge in [0.05, 0.1) is 29.1 Å². The summed E-state index contributed by atoms with van der Waals surface area (Å²) in [5, 5.41) is 10.5. The molecule has 2 aromatic carbocycles.